The van der Waals surface area contributed by atoms with Crippen LogP contribution in [0.5, 0.6) is 0 Å². The van der Waals surface area contributed by atoms with Gasteiger partial charge in [-0.25, -0.2) is 9.97 Å². The highest BCUT2D eigenvalue weighted by molar-refractivity contribution is 6.31. The third-order valence-corrected chi connectivity index (χ3v) is 2.18. The van der Waals surface area contributed by atoms with Gasteiger partial charge in [-0.15, -0.1) is 0 Å². The molecule has 0 atom stereocenters. The lowest BCUT2D eigenvalue weighted by atomic mass is 10.2. The van der Waals surface area contributed by atoms with Gasteiger partial charge in [-0.05, 0) is 18.2 Å². The Bertz CT molecular complexity index is 551. The van der Waals surface area contributed by atoms with Gasteiger partial charge in [0.05, 0.1) is 11.2 Å². The summed E-state index contributed by atoms with van der Waals surface area (Å²) in [6, 6.07) is 4.23. The SMILES string of the molecule is [CH]c1nc(C(F)(F)F)nc2ccc(Cl)cc12. The highest BCUT2D eigenvalue weighted by Gasteiger charge is 2.35. The van der Waals surface area contributed by atoms with E-state index in [0.29, 0.717) is 10.4 Å². The summed E-state index contributed by atoms with van der Waals surface area (Å²) in [4.78, 5) is 6.57. The van der Waals surface area contributed by atoms with E-state index >= 15 is 0 Å². The average Bonchev–Trinajstić information content (AvgIpc) is 2.17. The highest BCUT2D eigenvalue weighted by Crippen LogP contribution is 2.29. The molecule has 82 valence electrons. The molecule has 2 radical (unpaired) electrons. The molecule has 6 heteroatoms. The first-order chi connectivity index (χ1) is 7.38. The van der Waals surface area contributed by atoms with Crippen LogP contribution in [0.1, 0.15) is 11.5 Å². The number of aromatic nitrogens is 2. The number of hydrogen-bond acceptors (Lipinski definition) is 2. The van der Waals surface area contributed by atoms with Gasteiger partial charge in [0, 0.05) is 17.3 Å². The standard InChI is InChI=1S/C10H4ClF3N2/c1-5-7-4-6(11)2-3-8(7)16-9(15-5)10(12,13)14/h1-4H. The van der Waals surface area contributed by atoms with Crippen molar-refractivity contribution in [3.8, 4) is 0 Å². The molecular weight excluding hydrogens is 241 g/mol. The van der Waals surface area contributed by atoms with Crippen LogP contribution < -0.4 is 0 Å². The lowest BCUT2D eigenvalue weighted by molar-refractivity contribution is -0.144. The van der Waals surface area contributed by atoms with Crippen LogP contribution in [0.4, 0.5) is 13.2 Å². The number of hydrogen-bond donors (Lipinski definition) is 0. The molecule has 0 bridgehead atoms. The molecule has 0 saturated heterocycles. The van der Waals surface area contributed by atoms with Crippen LogP contribution in [0.25, 0.3) is 10.9 Å². The Morgan fingerprint density at radius 2 is 1.88 bits per heavy atom. The van der Waals surface area contributed by atoms with E-state index in [4.69, 9.17) is 18.5 Å². The van der Waals surface area contributed by atoms with Crippen molar-refractivity contribution in [1.29, 1.82) is 0 Å². The van der Waals surface area contributed by atoms with Gasteiger partial charge >= 0.3 is 6.18 Å². The Morgan fingerprint density at radius 1 is 1.19 bits per heavy atom. The van der Waals surface area contributed by atoms with Crippen molar-refractivity contribution < 1.29 is 13.2 Å². The van der Waals surface area contributed by atoms with Crippen LogP contribution in [-0.2, 0) is 6.18 Å². The first-order valence-electron chi connectivity index (χ1n) is 4.18. The van der Waals surface area contributed by atoms with Gasteiger partial charge in [-0.1, -0.05) is 11.6 Å². The van der Waals surface area contributed by atoms with Crippen molar-refractivity contribution in [3.05, 3.63) is 41.7 Å². The van der Waals surface area contributed by atoms with Crippen molar-refractivity contribution in [1.82, 2.24) is 9.97 Å². The predicted molar refractivity (Wildman–Crippen MR) is 53.0 cm³/mol. The summed E-state index contributed by atoms with van der Waals surface area (Å²) in [7, 11) is 0. The first-order valence-corrected chi connectivity index (χ1v) is 4.56. The van der Waals surface area contributed by atoms with E-state index in [0.717, 1.165) is 0 Å². The second-order valence-electron chi connectivity index (χ2n) is 3.09. The lowest BCUT2D eigenvalue weighted by Gasteiger charge is -2.07. The minimum atomic E-state index is -4.61. The molecule has 2 nitrogen and oxygen atoms in total. The van der Waals surface area contributed by atoms with E-state index in [9.17, 15) is 13.2 Å². The van der Waals surface area contributed by atoms with Gasteiger partial charge in [-0.3, -0.25) is 0 Å². The summed E-state index contributed by atoms with van der Waals surface area (Å²) in [5.41, 5.74) is -0.121. The van der Waals surface area contributed by atoms with Crippen molar-refractivity contribution in [2.24, 2.45) is 0 Å². The number of alkyl halides is 3. The van der Waals surface area contributed by atoms with Crippen LogP contribution >= 0.6 is 11.6 Å². The van der Waals surface area contributed by atoms with E-state index < -0.39 is 12.0 Å². The zero-order valence-electron chi connectivity index (χ0n) is 7.72. The number of rotatable bonds is 0. The van der Waals surface area contributed by atoms with E-state index in [1.54, 1.807) is 0 Å². The molecule has 2 aromatic rings. The maximum atomic E-state index is 12.4. The van der Waals surface area contributed by atoms with Crippen LogP contribution in [-0.4, -0.2) is 9.97 Å². The maximum Gasteiger partial charge on any atom is 0.451 e. The molecule has 0 saturated carbocycles. The largest absolute Gasteiger partial charge is 0.451 e. The minimum absolute atomic E-state index is 0.115. The van der Waals surface area contributed by atoms with E-state index in [-0.39, 0.29) is 11.2 Å². The monoisotopic (exact) mass is 244 g/mol. The third-order valence-electron chi connectivity index (χ3n) is 1.94. The molecule has 1 aromatic carbocycles. The Kier molecular flexibility index (Phi) is 2.50. The van der Waals surface area contributed by atoms with Gasteiger partial charge < -0.3 is 0 Å². The summed E-state index contributed by atoms with van der Waals surface area (Å²) in [5, 5.41) is 0.669. The van der Waals surface area contributed by atoms with Crippen LogP contribution in [0.2, 0.25) is 5.02 Å². The van der Waals surface area contributed by atoms with Gasteiger partial charge in [0.1, 0.15) is 0 Å². The van der Waals surface area contributed by atoms with Crippen LogP contribution in [0.15, 0.2) is 18.2 Å². The Hall–Kier alpha value is -1.36. The summed E-state index contributed by atoms with van der Waals surface area (Å²) < 4.78 is 37.1. The van der Waals surface area contributed by atoms with Gasteiger partial charge in [0.25, 0.3) is 0 Å². The first kappa shape index (κ1) is 11.1. The lowest BCUT2D eigenvalue weighted by Crippen LogP contribution is -2.12. The van der Waals surface area contributed by atoms with E-state index in [2.05, 4.69) is 9.97 Å². The van der Waals surface area contributed by atoms with Crippen molar-refractivity contribution >= 4 is 22.5 Å². The fourth-order valence-corrected chi connectivity index (χ4v) is 1.42. The number of benzene rings is 1. The van der Waals surface area contributed by atoms with Crippen molar-refractivity contribution in [2.75, 3.05) is 0 Å². The van der Waals surface area contributed by atoms with Crippen LogP contribution in [0, 0.1) is 6.92 Å². The zero-order chi connectivity index (χ0) is 11.9. The van der Waals surface area contributed by atoms with Gasteiger partial charge in [0.15, 0.2) is 0 Å². The van der Waals surface area contributed by atoms with Crippen LogP contribution in [0.3, 0.4) is 0 Å². The Morgan fingerprint density at radius 3 is 2.50 bits per heavy atom. The van der Waals surface area contributed by atoms with Crippen molar-refractivity contribution in [2.45, 2.75) is 6.18 Å². The third kappa shape index (κ3) is 1.95. The predicted octanol–water partition coefficient (Wildman–Crippen LogP) is 3.36. The molecular formula is C10H4ClF3N2. The Labute approximate surface area is 94.1 Å². The summed E-state index contributed by atoms with van der Waals surface area (Å²) in [6.07, 6.45) is -4.61. The molecule has 0 aliphatic carbocycles. The quantitative estimate of drug-likeness (QED) is 0.710. The van der Waals surface area contributed by atoms with Gasteiger partial charge in [-0.2, -0.15) is 13.2 Å². The smallest absolute Gasteiger partial charge is 0.228 e. The molecule has 16 heavy (non-hydrogen) atoms. The summed E-state index contributed by atoms with van der Waals surface area (Å²) in [6.45, 7) is 5.41. The maximum absolute atomic E-state index is 12.4. The number of nitrogens with zero attached hydrogens (tertiary/aromatic N) is 2. The fourth-order valence-electron chi connectivity index (χ4n) is 1.25. The zero-order valence-corrected chi connectivity index (χ0v) is 8.47. The second-order valence-corrected chi connectivity index (χ2v) is 3.53. The topological polar surface area (TPSA) is 25.8 Å². The van der Waals surface area contributed by atoms with Crippen molar-refractivity contribution in [3.63, 3.8) is 0 Å². The number of fused-ring (bicyclic) bond motifs is 1. The molecule has 0 spiro atoms. The molecule has 0 amide bonds. The highest BCUT2D eigenvalue weighted by atomic mass is 35.5. The normalized spacial score (nSPS) is 12.1. The average molecular weight is 245 g/mol. The summed E-state index contributed by atoms with van der Waals surface area (Å²) >= 11 is 5.69. The molecule has 0 fully saturated rings. The molecule has 0 unspecified atom stereocenters. The molecule has 1 aromatic heterocycles. The fraction of sp³-hybridized carbons (Fsp3) is 0.100. The van der Waals surface area contributed by atoms with Gasteiger partial charge in [0.2, 0.25) is 5.82 Å². The van der Waals surface area contributed by atoms with E-state index in [1.165, 1.54) is 18.2 Å². The molecule has 0 N–H and O–H groups in total. The molecule has 0 aliphatic heterocycles. The molecule has 1 heterocycles. The minimum Gasteiger partial charge on any atom is -0.228 e. The Balaban J connectivity index is 2.74. The van der Waals surface area contributed by atoms with E-state index in [1.807, 2.05) is 0 Å². The summed E-state index contributed by atoms with van der Waals surface area (Å²) in [5.74, 6) is -1.25. The number of halogens is 4. The molecule has 0 aliphatic rings. The second kappa shape index (κ2) is 3.59. The molecule has 2 rings (SSSR count).